The van der Waals surface area contributed by atoms with Gasteiger partial charge < -0.3 is 5.73 Å². The summed E-state index contributed by atoms with van der Waals surface area (Å²) in [7, 11) is 0. The van der Waals surface area contributed by atoms with Gasteiger partial charge in [-0.25, -0.2) is 4.98 Å². The summed E-state index contributed by atoms with van der Waals surface area (Å²) >= 11 is 5.72. The maximum absolute atomic E-state index is 5.83. The minimum atomic E-state index is 0.441. The Kier molecular flexibility index (Phi) is 4.31. The molecule has 0 saturated carbocycles. The first-order chi connectivity index (χ1) is 8.19. The number of hydrogen-bond acceptors (Lipinski definition) is 4. The summed E-state index contributed by atoms with van der Waals surface area (Å²) in [6.45, 7) is 4.92. The molecule has 2 N–H and O–H groups in total. The number of nitrogens with zero attached hydrogens (tertiary/aromatic N) is 3. The molecule has 1 fully saturated rings. The third-order valence-electron chi connectivity index (χ3n) is 3.41. The highest BCUT2D eigenvalue weighted by Gasteiger charge is 2.25. The smallest absolute Gasteiger partial charge is 0.147 e. The average molecular weight is 255 g/mol. The van der Waals surface area contributed by atoms with Gasteiger partial charge in [0.25, 0.3) is 0 Å². The third kappa shape index (κ3) is 3.37. The highest BCUT2D eigenvalue weighted by atomic mass is 35.5. The fourth-order valence-electron chi connectivity index (χ4n) is 2.38. The van der Waals surface area contributed by atoms with Crippen LogP contribution < -0.4 is 5.73 Å². The zero-order valence-corrected chi connectivity index (χ0v) is 10.9. The van der Waals surface area contributed by atoms with Gasteiger partial charge >= 0.3 is 0 Å². The molecule has 1 saturated heterocycles. The van der Waals surface area contributed by atoms with Gasteiger partial charge in [-0.15, -0.1) is 0 Å². The molecule has 17 heavy (non-hydrogen) atoms. The van der Waals surface area contributed by atoms with Crippen LogP contribution in [0.15, 0.2) is 12.4 Å². The molecule has 1 aliphatic rings. The monoisotopic (exact) mass is 254 g/mol. The first-order valence-electron chi connectivity index (χ1n) is 6.09. The summed E-state index contributed by atoms with van der Waals surface area (Å²) in [6.07, 6.45) is 5.75. The van der Waals surface area contributed by atoms with Crippen molar-refractivity contribution in [2.24, 2.45) is 11.7 Å². The van der Waals surface area contributed by atoms with Gasteiger partial charge in [-0.1, -0.05) is 18.5 Å². The number of likely N-dealkylation sites (tertiary alicyclic amines) is 1. The van der Waals surface area contributed by atoms with Crippen LogP contribution in [-0.2, 0) is 6.54 Å². The second-order valence-electron chi connectivity index (χ2n) is 4.82. The van der Waals surface area contributed by atoms with E-state index in [2.05, 4.69) is 21.8 Å². The molecule has 5 heteroatoms. The van der Waals surface area contributed by atoms with Crippen molar-refractivity contribution in [2.45, 2.75) is 32.4 Å². The zero-order chi connectivity index (χ0) is 12.3. The van der Waals surface area contributed by atoms with Crippen LogP contribution in [-0.4, -0.2) is 34.0 Å². The first-order valence-corrected chi connectivity index (χ1v) is 6.47. The second kappa shape index (κ2) is 5.76. The molecule has 1 aliphatic heterocycles. The normalized spacial score (nSPS) is 26.1. The number of aromatic nitrogens is 2. The molecule has 2 unspecified atom stereocenters. The lowest BCUT2D eigenvalue weighted by Gasteiger charge is -2.37. The van der Waals surface area contributed by atoms with Gasteiger partial charge in [-0.2, -0.15) is 0 Å². The largest absolute Gasteiger partial charge is 0.329 e. The number of rotatable bonds is 3. The van der Waals surface area contributed by atoms with Crippen molar-refractivity contribution in [1.29, 1.82) is 0 Å². The summed E-state index contributed by atoms with van der Waals surface area (Å²) in [5.74, 6) is 0.774. The van der Waals surface area contributed by atoms with Crippen molar-refractivity contribution in [1.82, 2.24) is 14.9 Å². The molecule has 1 aromatic rings. The van der Waals surface area contributed by atoms with E-state index in [0.29, 0.717) is 17.7 Å². The molecule has 0 radical (unpaired) electrons. The molecule has 2 heterocycles. The predicted octanol–water partition coefficient (Wildman–Crippen LogP) is 1.69. The van der Waals surface area contributed by atoms with Crippen LogP contribution in [0.1, 0.15) is 25.5 Å². The fraction of sp³-hybridized carbons (Fsp3) is 0.667. The third-order valence-corrected chi connectivity index (χ3v) is 3.61. The predicted molar refractivity (Wildman–Crippen MR) is 68.7 cm³/mol. The lowest BCUT2D eigenvalue weighted by molar-refractivity contribution is 0.113. The average Bonchev–Trinajstić information content (AvgIpc) is 2.34. The Morgan fingerprint density at radius 2 is 2.29 bits per heavy atom. The van der Waals surface area contributed by atoms with Crippen LogP contribution in [0.3, 0.4) is 0 Å². The molecule has 4 nitrogen and oxygen atoms in total. The van der Waals surface area contributed by atoms with Gasteiger partial charge in [0, 0.05) is 19.1 Å². The second-order valence-corrected chi connectivity index (χ2v) is 5.21. The van der Waals surface area contributed by atoms with E-state index in [1.54, 1.807) is 12.4 Å². The van der Waals surface area contributed by atoms with Crippen molar-refractivity contribution < 1.29 is 0 Å². The van der Waals surface area contributed by atoms with Crippen LogP contribution in [0.4, 0.5) is 0 Å². The molecule has 1 aromatic heterocycles. The van der Waals surface area contributed by atoms with Crippen molar-refractivity contribution in [3.63, 3.8) is 0 Å². The van der Waals surface area contributed by atoms with Crippen molar-refractivity contribution in [3.8, 4) is 0 Å². The SMILES string of the molecule is CC1CCN(Cc2cnc(Cl)cn2)C(CN)C1. The summed E-state index contributed by atoms with van der Waals surface area (Å²) in [4.78, 5) is 10.7. The van der Waals surface area contributed by atoms with Crippen molar-refractivity contribution in [3.05, 3.63) is 23.2 Å². The maximum Gasteiger partial charge on any atom is 0.147 e. The Hall–Kier alpha value is -0.710. The van der Waals surface area contributed by atoms with E-state index in [0.717, 1.165) is 24.7 Å². The highest BCUT2D eigenvalue weighted by molar-refractivity contribution is 6.29. The number of piperidine rings is 1. The molecular weight excluding hydrogens is 236 g/mol. The minimum Gasteiger partial charge on any atom is -0.329 e. The minimum absolute atomic E-state index is 0.441. The lowest BCUT2D eigenvalue weighted by Crippen LogP contribution is -2.45. The molecule has 0 bridgehead atoms. The van der Waals surface area contributed by atoms with Crippen molar-refractivity contribution in [2.75, 3.05) is 13.1 Å². The quantitative estimate of drug-likeness (QED) is 0.892. The first kappa shape index (κ1) is 12.7. The molecule has 0 spiro atoms. The Bertz CT molecular complexity index is 354. The molecule has 2 rings (SSSR count). The Labute approximate surface area is 107 Å². The summed E-state index contributed by atoms with van der Waals surface area (Å²) in [5.41, 5.74) is 6.80. The van der Waals surface area contributed by atoms with Crippen LogP contribution >= 0.6 is 11.6 Å². The number of nitrogens with two attached hydrogens (primary N) is 1. The maximum atomic E-state index is 5.83. The molecular formula is C12H19ClN4. The Balaban J connectivity index is 1.99. The number of hydrogen-bond donors (Lipinski definition) is 1. The Morgan fingerprint density at radius 3 is 2.94 bits per heavy atom. The van der Waals surface area contributed by atoms with Crippen LogP contribution in [0, 0.1) is 5.92 Å². The van der Waals surface area contributed by atoms with E-state index in [-0.39, 0.29) is 0 Å². The lowest BCUT2D eigenvalue weighted by atomic mass is 9.92. The number of halogens is 1. The van der Waals surface area contributed by atoms with Gasteiger partial charge in [0.15, 0.2) is 0 Å². The van der Waals surface area contributed by atoms with E-state index in [9.17, 15) is 0 Å². The van der Waals surface area contributed by atoms with Gasteiger partial charge in [0.2, 0.25) is 0 Å². The van der Waals surface area contributed by atoms with E-state index >= 15 is 0 Å². The van der Waals surface area contributed by atoms with E-state index in [1.165, 1.54) is 12.8 Å². The van der Waals surface area contributed by atoms with Gasteiger partial charge in [0.05, 0.1) is 18.1 Å². The van der Waals surface area contributed by atoms with Crippen molar-refractivity contribution >= 4 is 11.6 Å². The Morgan fingerprint density at radius 1 is 1.47 bits per heavy atom. The van der Waals surface area contributed by atoms with Crippen LogP contribution in [0.5, 0.6) is 0 Å². The zero-order valence-electron chi connectivity index (χ0n) is 10.1. The van der Waals surface area contributed by atoms with E-state index in [4.69, 9.17) is 17.3 Å². The van der Waals surface area contributed by atoms with E-state index < -0.39 is 0 Å². The summed E-state index contributed by atoms with van der Waals surface area (Å²) in [5, 5.41) is 0.441. The fourth-order valence-corrected chi connectivity index (χ4v) is 2.48. The van der Waals surface area contributed by atoms with Gasteiger partial charge in [-0.3, -0.25) is 9.88 Å². The summed E-state index contributed by atoms with van der Waals surface area (Å²) < 4.78 is 0. The van der Waals surface area contributed by atoms with Crippen LogP contribution in [0.25, 0.3) is 0 Å². The highest BCUT2D eigenvalue weighted by Crippen LogP contribution is 2.23. The van der Waals surface area contributed by atoms with Gasteiger partial charge in [-0.05, 0) is 25.3 Å². The topological polar surface area (TPSA) is 55.0 Å². The van der Waals surface area contributed by atoms with E-state index in [1.807, 2.05) is 0 Å². The molecule has 2 atom stereocenters. The van der Waals surface area contributed by atoms with Gasteiger partial charge in [0.1, 0.15) is 5.15 Å². The molecule has 94 valence electrons. The molecule has 0 amide bonds. The summed E-state index contributed by atoms with van der Waals surface area (Å²) in [6, 6.07) is 0.469. The van der Waals surface area contributed by atoms with Crippen LogP contribution in [0.2, 0.25) is 5.15 Å². The standard InChI is InChI=1S/C12H19ClN4/c1-9-2-3-17(11(4-9)5-14)8-10-6-16-12(13)7-15-10/h6-7,9,11H,2-5,8,14H2,1H3. The molecule has 0 aromatic carbocycles. The molecule has 0 aliphatic carbocycles.